The number of H-pyrrole nitrogens is 1. The average Bonchev–Trinajstić information content (AvgIpc) is 2.90. The van der Waals surface area contributed by atoms with Crippen molar-refractivity contribution in [2.45, 2.75) is 19.8 Å². The van der Waals surface area contributed by atoms with Gasteiger partial charge in [-0.3, -0.25) is 0 Å². The highest BCUT2D eigenvalue weighted by molar-refractivity contribution is 5.79. The fraction of sp³-hybridized carbons (Fsp3) is 0.235. The molecular formula is C17H16F2N2O. The fourth-order valence-electron chi connectivity index (χ4n) is 2.26. The van der Waals surface area contributed by atoms with E-state index in [9.17, 15) is 8.78 Å². The molecule has 1 N–H and O–H groups in total. The van der Waals surface area contributed by atoms with Crippen LogP contribution in [0.2, 0.25) is 0 Å². The Morgan fingerprint density at radius 1 is 1.14 bits per heavy atom. The van der Waals surface area contributed by atoms with E-state index in [1.165, 1.54) is 12.1 Å². The predicted octanol–water partition coefficient (Wildman–Crippen LogP) is 4.69. The van der Waals surface area contributed by atoms with Gasteiger partial charge in [-0.1, -0.05) is 25.5 Å². The summed E-state index contributed by atoms with van der Waals surface area (Å²) in [4.78, 5) is 7.17. The van der Waals surface area contributed by atoms with Crippen molar-refractivity contribution in [2.24, 2.45) is 0 Å². The third kappa shape index (κ3) is 2.79. The number of imidazole rings is 1. The third-order valence-electron chi connectivity index (χ3n) is 3.41. The molecule has 3 aromatic rings. The molecule has 0 aliphatic heterocycles. The van der Waals surface area contributed by atoms with Gasteiger partial charge in [-0.25, -0.2) is 13.8 Å². The van der Waals surface area contributed by atoms with Crippen LogP contribution in [0, 0.1) is 11.6 Å². The largest absolute Gasteiger partial charge is 0.493 e. The van der Waals surface area contributed by atoms with Crippen molar-refractivity contribution in [1.82, 2.24) is 9.97 Å². The van der Waals surface area contributed by atoms with Crippen LogP contribution >= 0.6 is 0 Å². The first kappa shape index (κ1) is 14.5. The summed E-state index contributed by atoms with van der Waals surface area (Å²) in [6.07, 6.45) is 1.80. The number of ether oxygens (including phenoxy) is 1. The monoisotopic (exact) mass is 302 g/mol. The Balaban J connectivity index is 1.96. The first-order valence-electron chi connectivity index (χ1n) is 7.26. The lowest BCUT2D eigenvalue weighted by Gasteiger charge is -2.08. The SMILES string of the molecule is CCCCOc1cc(F)c(-c2nc3ccccc3[nH]2)c(F)c1. The van der Waals surface area contributed by atoms with Crippen LogP contribution in [0.4, 0.5) is 8.78 Å². The van der Waals surface area contributed by atoms with Crippen LogP contribution in [-0.2, 0) is 0 Å². The summed E-state index contributed by atoms with van der Waals surface area (Å²) in [7, 11) is 0. The van der Waals surface area contributed by atoms with Crippen LogP contribution in [0.25, 0.3) is 22.4 Å². The van der Waals surface area contributed by atoms with E-state index in [2.05, 4.69) is 9.97 Å². The molecule has 0 fully saturated rings. The van der Waals surface area contributed by atoms with Crippen LogP contribution in [0.1, 0.15) is 19.8 Å². The summed E-state index contributed by atoms with van der Waals surface area (Å²) in [5, 5.41) is 0. The lowest BCUT2D eigenvalue weighted by atomic mass is 10.1. The molecule has 2 aromatic carbocycles. The first-order valence-corrected chi connectivity index (χ1v) is 7.26. The highest BCUT2D eigenvalue weighted by Gasteiger charge is 2.17. The van der Waals surface area contributed by atoms with E-state index in [1.54, 1.807) is 6.07 Å². The predicted molar refractivity (Wildman–Crippen MR) is 81.8 cm³/mol. The number of hydrogen-bond acceptors (Lipinski definition) is 2. The lowest BCUT2D eigenvalue weighted by Crippen LogP contribution is -1.99. The first-order chi connectivity index (χ1) is 10.7. The van der Waals surface area contributed by atoms with Crippen molar-refractivity contribution in [2.75, 3.05) is 6.61 Å². The molecule has 0 spiro atoms. The van der Waals surface area contributed by atoms with Gasteiger partial charge in [-0.05, 0) is 18.6 Å². The Hall–Kier alpha value is -2.43. The van der Waals surface area contributed by atoms with E-state index in [0.29, 0.717) is 12.1 Å². The van der Waals surface area contributed by atoms with Crippen molar-refractivity contribution in [3.8, 4) is 17.1 Å². The quantitative estimate of drug-likeness (QED) is 0.694. The van der Waals surface area contributed by atoms with Gasteiger partial charge in [-0.2, -0.15) is 0 Å². The smallest absolute Gasteiger partial charge is 0.144 e. The van der Waals surface area contributed by atoms with Crippen LogP contribution < -0.4 is 4.74 Å². The maximum absolute atomic E-state index is 14.3. The minimum Gasteiger partial charge on any atom is -0.493 e. The van der Waals surface area contributed by atoms with Gasteiger partial charge in [0, 0.05) is 12.1 Å². The summed E-state index contributed by atoms with van der Waals surface area (Å²) >= 11 is 0. The Labute approximate surface area is 127 Å². The van der Waals surface area contributed by atoms with E-state index in [1.807, 2.05) is 25.1 Å². The number of rotatable bonds is 5. The molecule has 1 aromatic heterocycles. The van der Waals surface area contributed by atoms with E-state index >= 15 is 0 Å². The molecule has 0 amide bonds. The number of nitrogens with one attached hydrogen (secondary N) is 1. The Bertz CT molecular complexity index is 742. The van der Waals surface area contributed by atoms with Crippen molar-refractivity contribution < 1.29 is 13.5 Å². The van der Waals surface area contributed by atoms with Gasteiger partial charge in [0.05, 0.1) is 23.2 Å². The molecule has 114 valence electrons. The molecule has 0 aliphatic carbocycles. The summed E-state index contributed by atoms with van der Waals surface area (Å²) in [6, 6.07) is 9.64. The molecule has 0 radical (unpaired) electrons. The second kappa shape index (κ2) is 6.13. The number of halogens is 2. The topological polar surface area (TPSA) is 37.9 Å². The van der Waals surface area contributed by atoms with Crippen LogP contribution in [-0.4, -0.2) is 16.6 Å². The Morgan fingerprint density at radius 3 is 2.55 bits per heavy atom. The Morgan fingerprint density at radius 2 is 1.86 bits per heavy atom. The third-order valence-corrected chi connectivity index (χ3v) is 3.41. The number of aromatic nitrogens is 2. The highest BCUT2D eigenvalue weighted by atomic mass is 19.1. The van der Waals surface area contributed by atoms with E-state index in [0.717, 1.165) is 18.4 Å². The number of unbranched alkanes of at least 4 members (excludes halogenated alkanes) is 1. The fourth-order valence-corrected chi connectivity index (χ4v) is 2.26. The van der Waals surface area contributed by atoms with Gasteiger partial charge in [-0.15, -0.1) is 0 Å². The van der Waals surface area contributed by atoms with Gasteiger partial charge < -0.3 is 9.72 Å². The second-order valence-electron chi connectivity index (χ2n) is 5.07. The van der Waals surface area contributed by atoms with E-state index in [4.69, 9.17) is 4.74 Å². The van der Waals surface area contributed by atoms with Crippen LogP contribution in [0.3, 0.4) is 0 Å². The molecule has 0 bridgehead atoms. The summed E-state index contributed by atoms with van der Waals surface area (Å²) < 4.78 is 33.9. The molecule has 0 saturated carbocycles. The minimum absolute atomic E-state index is 0.168. The molecule has 5 heteroatoms. The summed E-state index contributed by atoms with van der Waals surface area (Å²) in [5.41, 5.74) is 1.23. The second-order valence-corrected chi connectivity index (χ2v) is 5.07. The number of hydrogen-bond donors (Lipinski definition) is 1. The molecule has 0 saturated heterocycles. The molecule has 0 aliphatic rings. The molecule has 1 heterocycles. The zero-order valence-electron chi connectivity index (χ0n) is 12.2. The van der Waals surface area contributed by atoms with Crippen molar-refractivity contribution in [3.05, 3.63) is 48.0 Å². The molecular weight excluding hydrogens is 286 g/mol. The number of para-hydroxylation sites is 2. The molecule has 22 heavy (non-hydrogen) atoms. The normalized spacial score (nSPS) is 11.0. The van der Waals surface area contributed by atoms with Crippen molar-refractivity contribution in [1.29, 1.82) is 0 Å². The minimum atomic E-state index is -0.689. The van der Waals surface area contributed by atoms with Gasteiger partial charge in [0.2, 0.25) is 0 Å². The molecule has 0 atom stereocenters. The number of aromatic amines is 1. The molecule has 3 rings (SSSR count). The molecule has 0 unspecified atom stereocenters. The zero-order valence-corrected chi connectivity index (χ0v) is 12.2. The maximum Gasteiger partial charge on any atom is 0.144 e. The standard InChI is InChI=1S/C17H16F2N2O/c1-2-3-8-22-11-9-12(18)16(13(19)10-11)17-20-14-6-4-5-7-15(14)21-17/h4-7,9-10H,2-3,8H2,1H3,(H,20,21). The van der Waals surface area contributed by atoms with E-state index in [-0.39, 0.29) is 17.1 Å². The molecule has 3 nitrogen and oxygen atoms in total. The lowest BCUT2D eigenvalue weighted by molar-refractivity contribution is 0.306. The van der Waals surface area contributed by atoms with Crippen LogP contribution in [0.15, 0.2) is 36.4 Å². The van der Waals surface area contributed by atoms with Crippen molar-refractivity contribution in [3.63, 3.8) is 0 Å². The van der Waals surface area contributed by atoms with Crippen molar-refractivity contribution >= 4 is 11.0 Å². The summed E-state index contributed by atoms with van der Waals surface area (Å²) in [5.74, 6) is -1.00. The van der Waals surface area contributed by atoms with Gasteiger partial charge in [0.15, 0.2) is 0 Å². The van der Waals surface area contributed by atoms with Gasteiger partial charge >= 0.3 is 0 Å². The number of fused-ring (bicyclic) bond motifs is 1. The maximum atomic E-state index is 14.3. The Kier molecular flexibility index (Phi) is 4.04. The average molecular weight is 302 g/mol. The highest BCUT2D eigenvalue weighted by Crippen LogP contribution is 2.29. The van der Waals surface area contributed by atoms with Crippen LogP contribution in [0.5, 0.6) is 5.75 Å². The van der Waals surface area contributed by atoms with Gasteiger partial charge in [0.1, 0.15) is 23.2 Å². The van der Waals surface area contributed by atoms with Gasteiger partial charge in [0.25, 0.3) is 0 Å². The summed E-state index contributed by atoms with van der Waals surface area (Å²) in [6.45, 7) is 2.47. The zero-order chi connectivity index (χ0) is 15.5. The number of nitrogens with zero attached hydrogens (tertiary/aromatic N) is 1. The van der Waals surface area contributed by atoms with E-state index < -0.39 is 11.6 Å². The number of benzene rings is 2.